The van der Waals surface area contributed by atoms with E-state index in [1.807, 2.05) is 0 Å². The first-order chi connectivity index (χ1) is 9.56. The molecule has 102 valence electrons. The second-order valence-corrected chi connectivity index (χ2v) is 4.60. The van der Waals surface area contributed by atoms with Crippen LogP contribution in [-0.2, 0) is 0 Å². The zero-order chi connectivity index (χ0) is 14.3. The van der Waals surface area contributed by atoms with E-state index in [9.17, 15) is 8.78 Å². The zero-order valence-electron chi connectivity index (χ0n) is 10.7. The maximum Gasteiger partial charge on any atom is 0.142 e. The summed E-state index contributed by atoms with van der Waals surface area (Å²) in [5.74, 6) is -0.874. The third kappa shape index (κ3) is 2.04. The number of pyridine rings is 2. The molecule has 0 aromatic carbocycles. The molecule has 0 spiro atoms. The van der Waals surface area contributed by atoms with Crippen molar-refractivity contribution in [2.75, 3.05) is 0 Å². The molecular weight excluding hydrogens is 262 g/mol. The van der Waals surface area contributed by atoms with E-state index in [0.29, 0.717) is 22.6 Å². The highest BCUT2D eigenvalue weighted by molar-refractivity contribution is 5.67. The van der Waals surface area contributed by atoms with Crippen molar-refractivity contribution in [3.05, 3.63) is 54.1 Å². The van der Waals surface area contributed by atoms with Gasteiger partial charge in [-0.25, -0.2) is 13.8 Å². The van der Waals surface area contributed by atoms with E-state index in [1.165, 1.54) is 24.5 Å². The number of halogens is 2. The smallest absolute Gasteiger partial charge is 0.142 e. The van der Waals surface area contributed by atoms with Gasteiger partial charge in [0.2, 0.25) is 0 Å². The largest absolute Gasteiger partial charge is 0.323 e. The van der Waals surface area contributed by atoms with Gasteiger partial charge >= 0.3 is 0 Å². The molecule has 3 aromatic heterocycles. The Morgan fingerprint density at radius 1 is 1.20 bits per heavy atom. The molecule has 0 saturated heterocycles. The van der Waals surface area contributed by atoms with Crippen LogP contribution in [-0.4, -0.2) is 14.4 Å². The van der Waals surface area contributed by atoms with E-state index in [1.54, 1.807) is 17.4 Å². The molecule has 1 atom stereocenters. The molecule has 0 aliphatic heterocycles. The monoisotopic (exact) mass is 274 g/mol. The number of fused-ring (bicyclic) bond motifs is 1. The highest BCUT2D eigenvalue weighted by atomic mass is 19.1. The summed E-state index contributed by atoms with van der Waals surface area (Å²) < 4.78 is 28.4. The molecule has 3 rings (SSSR count). The first-order valence-corrected chi connectivity index (χ1v) is 6.10. The molecule has 0 saturated carbocycles. The van der Waals surface area contributed by atoms with Crippen molar-refractivity contribution in [1.29, 1.82) is 0 Å². The standard InChI is InChI=1S/C14H12F2N4/c1-8(17)13-14(9-4-11(16)6-18-5-9)20-7-10(15)2-3-12(20)19-13/h2-8H,17H2,1H3/t8-/m0/s1. The van der Waals surface area contributed by atoms with Crippen molar-refractivity contribution in [2.24, 2.45) is 5.73 Å². The van der Waals surface area contributed by atoms with Gasteiger partial charge in [-0.2, -0.15) is 0 Å². The van der Waals surface area contributed by atoms with Crippen molar-refractivity contribution in [3.63, 3.8) is 0 Å². The molecular formula is C14H12F2N4. The van der Waals surface area contributed by atoms with Crippen LogP contribution < -0.4 is 5.73 Å². The van der Waals surface area contributed by atoms with E-state index in [-0.39, 0.29) is 6.04 Å². The van der Waals surface area contributed by atoms with E-state index in [4.69, 9.17) is 5.73 Å². The third-order valence-corrected chi connectivity index (χ3v) is 3.02. The first kappa shape index (κ1) is 12.7. The average molecular weight is 274 g/mol. The normalized spacial score (nSPS) is 12.8. The fraction of sp³-hybridized carbons (Fsp3) is 0.143. The topological polar surface area (TPSA) is 56.2 Å². The maximum atomic E-state index is 13.5. The minimum Gasteiger partial charge on any atom is -0.323 e. The quantitative estimate of drug-likeness (QED) is 0.781. The number of hydrogen-bond acceptors (Lipinski definition) is 3. The molecule has 4 nitrogen and oxygen atoms in total. The lowest BCUT2D eigenvalue weighted by atomic mass is 10.1. The van der Waals surface area contributed by atoms with Gasteiger partial charge in [0, 0.05) is 24.0 Å². The van der Waals surface area contributed by atoms with Crippen LogP contribution in [0.25, 0.3) is 16.9 Å². The first-order valence-electron chi connectivity index (χ1n) is 6.10. The highest BCUT2D eigenvalue weighted by Crippen LogP contribution is 2.28. The number of nitrogens with zero attached hydrogens (tertiary/aromatic N) is 3. The lowest BCUT2D eigenvalue weighted by Crippen LogP contribution is -2.07. The van der Waals surface area contributed by atoms with Crippen LogP contribution in [0.3, 0.4) is 0 Å². The molecule has 3 heterocycles. The minimum absolute atomic E-state index is 0.365. The molecule has 20 heavy (non-hydrogen) atoms. The van der Waals surface area contributed by atoms with Gasteiger partial charge in [0.25, 0.3) is 0 Å². The van der Waals surface area contributed by atoms with Gasteiger partial charge in [0.05, 0.1) is 17.6 Å². The molecule has 0 aliphatic rings. The summed E-state index contributed by atoms with van der Waals surface area (Å²) >= 11 is 0. The van der Waals surface area contributed by atoms with Gasteiger partial charge in [-0.15, -0.1) is 0 Å². The van der Waals surface area contributed by atoms with Crippen molar-refractivity contribution in [1.82, 2.24) is 14.4 Å². The van der Waals surface area contributed by atoms with Gasteiger partial charge in [0.15, 0.2) is 0 Å². The van der Waals surface area contributed by atoms with Gasteiger partial charge < -0.3 is 5.73 Å². The Labute approximate surface area is 113 Å². The van der Waals surface area contributed by atoms with Crippen LogP contribution in [0.1, 0.15) is 18.7 Å². The summed E-state index contributed by atoms with van der Waals surface area (Å²) in [6.07, 6.45) is 3.91. The minimum atomic E-state index is -0.468. The number of imidazole rings is 1. The summed E-state index contributed by atoms with van der Waals surface area (Å²) in [6.45, 7) is 1.77. The molecule has 2 N–H and O–H groups in total. The molecule has 0 radical (unpaired) electrons. The lowest BCUT2D eigenvalue weighted by molar-refractivity contribution is 0.619. The Bertz CT molecular complexity index is 780. The second-order valence-electron chi connectivity index (χ2n) is 4.60. The van der Waals surface area contributed by atoms with Gasteiger partial charge in [-0.1, -0.05) is 0 Å². The Hall–Kier alpha value is -2.34. The number of hydrogen-bond donors (Lipinski definition) is 1. The number of aromatic nitrogens is 3. The van der Waals surface area contributed by atoms with Crippen molar-refractivity contribution in [2.45, 2.75) is 13.0 Å². The van der Waals surface area contributed by atoms with E-state index in [0.717, 1.165) is 6.20 Å². The molecule has 0 unspecified atom stereocenters. The summed E-state index contributed by atoms with van der Waals surface area (Å²) in [5.41, 5.74) is 8.10. The Morgan fingerprint density at radius 3 is 2.70 bits per heavy atom. The van der Waals surface area contributed by atoms with Crippen molar-refractivity contribution in [3.8, 4) is 11.3 Å². The third-order valence-electron chi connectivity index (χ3n) is 3.02. The van der Waals surface area contributed by atoms with Crippen LogP contribution in [0.2, 0.25) is 0 Å². The average Bonchev–Trinajstić information content (AvgIpc) is 2.77. The Kier molecular flexibility index (Phi) is 2.94. The van der Waals surface area contributed by atoms with E-state index < -0.39 is 11.6 Å². The molecule has 0 amide bonds. The fourth-order valence-electron chi connectivity index (χ4n) is 2.18. The second kappa shape index (κ2) is 4.64. The predicted octanol–water partition coefficient (Wildman–Crippen LogP) is 2.69. The molecule has 6 heteroatoms. The van der Waals surface area contributed by atoms with Gasteiger partial charge in [-0.05, 0) is 25.1 Å². The Balaban J connectivity index is 2.36. The van der Waals surface area contributed by atoms with E-state index >= 15 is 0 Å². The van der Waals surface area contributed by atoms with Crippen molar-refractivity contribution >= 4 is 5.65 Å². The fourth-order valence-corrected chi connectivity index (χ4v) is 2.18. The van der Waals surface area contributed by atoms with E-state index in [2.05, 4.69) is 9.97 Å². The predicted molar refractivity (Wildman–Crippen MR) is 70.9 cm³/mol. The SMILES string of the molecule is C[C@H](N)c1nc2ccc(F)cn2c1-c1cncc(F)c1. The van der Waals surface area contributed by atoms with Crippen LogP contribution in [0.5, 0.6) is 0 Å². The zero-order valence-corrected chi connectivity index (χ0v) is 10.7. The molecule has 0 aliphatic carbocycles. The lowest BCUT2D eigenvalue weighted by Gasteiger charge is -2.07. The maximum absolute atomic E-state index is 13.5. The van der Waals surface area contributed by atoms with Gasteiger partial charge in [0.1, 0.15) is 17.3 Å². The molecule has 0 fully saturated rings. The van der Waals surface area contributed by atoms with Crippen LogP contribution >= 0.6 is 0 Å². The molecule has 0 bridgehead atoms. The Morgan fingerprint density at radius 2 is 2.00 bits per heavy atom. The summed E-state index contributed by atoms with van der Waals surface area (Å²) in [6, 6.07) is 3.84. The summed E-state index contributed by atoms with van der Waals surface area (Å²) in [4.78, 5) is 8.20. The van der Waals surface area contributed by atoms with Crippen molar-refractivity contribution < 1.29 is 8.78 Å². The van der Waals surface area contributed by atoms with Crippen LogP contribution in [0, 0.1) is 11.6 Å². The van der Waals surface area contributed by atoms with Gasteiger partial charge in [-0.3, -0.25) is 9.38 Å². The summed E-state index contributed by atoms with van der Waals surface area (Å²) in [7, 11) is 0. The van der Waals surface area contributed by atoms with Crippen LogP contribution in [0.15, 0.2) is 36.8 Å². The van der Waals surface area contributed by atoms with Crippen LogP contribution in [0.4, 0.5) is 8.78 Å². The number of nitrogens with two attached hydrogens (primary N) is 1. The summed E-state index contributed by atoms with van der Waals surface area (Å²) in [5, 5.41) is 0. The highest BCUT2D eigenvalue weighted by Gasteiger charge is 2.18. The number of rotatable bonds is 2. The molecule has 3 aromatic rings.